The highest BCUT2D eigenvalue weighted by Crippen LogP contribution is 2.12. The van der Waals surface area contributed by atoms with Gasteiger partial charge in [0, 0.05) is 19.3 Å². The lowest BCUT2D eigenvalue weighted by molar-refractivity contribution is 0.0949. The summed E-state index contributed by atoms with van der Waals surface area (Å²) >= 11 is 0. The van der Waals surface area contributed by atoms with Gasteiger partial charge in [-0.25, -0.2) is 9.97 Å². The number of nitrogens with zero attached hydrogens (tertiary/aromatic N) is 2. The van der Waals surface area contributed by atoms with E-state index in [1.165, 1.54) is 0 Å². The summed E-state index contributed by atoms with van der Waals surface area (Å²) in [6, 6.07) is 9.35. The van der Waals surface area contributed by atoms with E-state index in [2.05, 4.69) is 27.2 Å². The summed E-state index contributed by atoms with van der Waals surface area (Å²) < 4.78 is 5.18. The van der Waals surface area contributed by atoms with Crippen LogP contribution in [0.5, 0.6) is 5.75 Å². The molecule has 0 atom stereocenters. The third-order valence-electron chi connectivity index (χ3n) is 3.13. The fraction of sp³-hybridized carbons (Fsp3) is 0.235. The summed E-state index contributed by atoms with van der Waals surface area (Å²) in [5, 5.41) is 5.80. The third kappa shape index (κ3) is 5.10. The van der Waals surface area contributed by atoms with Gasteiger partial charge < -0.3 is 15.4 Å². The monoisotopic (exact) mass is 312 g/mol. The van der Waals surface area contributed by atoms with Gasteiger partial charge in [-0.05, 0) is 30.2 Å². The first-order valence-electron chi connectivity index (χ1n) is 7.32. The molecule has 23 heavy (non-hydrogen) atoms. The quantitative estimate of drug-likeness (QED) is 0.730. The molecule has 1 heterocycles. The maximum Gasteiger partial charge on any atom is 0.270 e. The fourth-order valence-corrected chi connectivity index (χ4v) is 1.97. The smallest absolute Gasteiger partial charge is 0.270 e. The van der Waals surface area contributed by atoms with Crippen molar-refractivity contribution in [3.8, 4) is 5.75 Å². The summed E-state index contributed by atoms with van der Waals surface area (Å²) in [7, 11) is 1.63. The molecule has 0 saturated heterocycles. The van der Waals surface area contributed by atoms with E-state index in [0.29, 0.717) is 24.7 Å². The Hall–Kier alpha value is -2.89. The second kappa shape index (κ2) is 8.53. The zero-order chi connectivity index (χ0) is 16.5. The van der Waals surface area contributed by atoms with Crippen LogP contribution in [-0.2, 0) is 6.42 Å². The molecule has 120 valence electrons. The van der Waals surface area contributed by atoms with Crippen LogP contribution < -0.4 is 15.4 Å². The number of methoxy groups -OCH3 is 1. The lowest BCUT2D eigenvalue weighted by Gasteiger charge is -2.07. The standard InChI is InChI=1S/C17H20N4O2/c1-3-9-19-17-20-11-8-15(21-17)16(22)18-10-7-13-5-4-6-14(12-13)23-2/h3-6,8,11-12H,1,7,9-10H2,2H3,(H,18,22)(H,19,20,21). The summed E-state index contributed by atoms with van der Waals surface area (Å²) in [4.78, 5) is 20.3. The van der Waals surface area contributed by atoms with Crippen LogP contribution in [0, 0.1) is 0 Å². The molecule has 0 bridgehead atoms. The van der Waals surface area contributed by atoms with E-state index >= 15 is 0 Å². The van der Waals surface area contributed by atoms with Crippen molar-refractivity contribution in [1.82, 2.24) is 15.3 Å². The van der Waals surface area contributed by atoms with Crippen LogP contribution in [-0.4, -0.2) is 36.1 Å². The molecule has 1 aromatic heterocycles. The maximum absolute atomic E-state index is 12.1. The van der Waals surface area contributed by atoms with E-state index in [4.69, 9.17) is 4.74 Å². The van der Waals surface area contributed by atoms with Crippen LogP contribution in [0.25, 0.3) is 0 Å². The van der Waals surface area contributed by atoms with E-state index < -0.39 is 0 Å². The van der Waals surface area contributed by atoms with E-state index in [9.17, 15) is 4.79 Å². The SMILES string of the molecule is C=CCNc1nccc(C(=O)NCCc2cccc(OC)c2)n1. The van der Waals surface area contributed by atoms with E-state index in [0.717, 1.165) is 17.7 Å². The zero-order valence-electron chi connectivity index (χ0n) is 13.1. The minimum atomic E-state index is -0.225. The highest BCUT2D eigenvalue weighted by molar-refractivity contribution is 5.92. The van der Waals surface area contributed by atoms with E-state index in [-0.39, 0.29) is 5.91 Å². The van der Waals surface area contributed by atoms with Crippen LogP contribution in [0.1, 0.15) is 16.1 Å². The normalized spacial score (nSPS) is 9.96. The van der Waals surface area contributed by atoms with Gasteiger partial charge in [0.2, 0.25) is 5.95 Å². The van der Waals surface area contributed by atoms with Crippen molar-refractivity contribution >= 4 is 11.9 Å². The number of aromatic nitrogens is 2. The number of hydrogen-bond acceptors (Lipinski definition) is 5. The first-order chi connectivity index (χ1) is 11.2. The zero-order valence-corrected chi connectivity index (χ0v) is 13.1. The molecule has 1 aromatic carbocycles. The number of anilines is 1. The summed E-state index contributed by atoms with van der Waals surface area (Å²) in [5.74, 6) is 0.991. The Morgan fingerprint density at radius 2 is 2.26 bits per heavy atom. The van der Waals surface area contributed by atoms with Crippen LogP contribution >= 0.6 is 0 Å². The highest BCUT2D eigenvalue weighted by atomic mass is 16.5. The van der Waals surface area contributed by atoms with Crippen molar-refractivity contribution in [3.05, 3.63) is 60.4 Å². The molecular formula is C17H20N4O2. The average molecular weight is 312 g/mol. The molecule has 0 saturated carbocycles. The third-order valence-corrected chi connectivity index (χ3v) is 3.13. The van der Waals surface area contributed by atoms with Crippen LogP contribution in [0.15, 0.2) is 49.2 Å². The average Bonchev–Trinajstić information content (AvgIpc) is 2.60. The summed E-state index contributed by atoms with van der Waals surface area (Å²) in [6.45, 7) is 4.67. The number of rotatable bonds is 8. The van der Waals surface area contributed by atoms with Crippen molar-refractivity contribution in [2.24, 2.45) is 0 Å². The Morgan fingerprint density at radius 1 is 1.39 bits per heavy atom. The molecule has 0 aliphatic carbocycles. The van der Waals surface area contributed by atoms with Crippen molar-refractivity contribution < 1.29 is 9.53 Å². The van der Waals surface area contributed by atoms with Gasteiger partial charge in [0.25, 0.3) is 5.91 Å². The van der Waals surface area contributed by atoms with Gasteiger partial charge in [-0.3, -0.25) is 4.79 Å². The van der Waals surface area contributed by atoms with E-state index in [1.54, 1.807) is 25.4 Å². The van der Waals surface area contributed by atoms with Gasteiger partial charge in [0.1, 0.15) is 11.4 Å². The molecule has 2 aromatic rings. The number of ether oxygens (including phenoxy) is 1. The van der Waals surface area contributed by atoms with Gasteiger partial charge in [-0.1, -0.05) is 18.2 Å². The lowest BCUT2D eigenvalue weighted by Crippen LogP contribution is -2.26. The number of hydrogen-bond donors (Lipinski definition) is 2. The largest absolute Gasteiger partial charge is 0.497 e. The molecule has 0 fully saturated rings. The predicted molar refractivity (Wildman–Crippen MR) is 89.7 cm³/mol. The topological polar surface area (TPSA) is 76.1 Å². The van der Waals surface area contributed by atoms with Gasteiger partial charge in [0.05, 0.1) is 7.11 Å². The van der Waals surface area contributed by atoms with Gasteiger partial charge in [0.15, 0.2) is 0 Å². The number of carbonyl (C=O) groups is 1. The van der Waals surface area contributed by atoms with Crippen LogP contribution in [0.3, 0.4) is 0 Å². The number of benzene rings is 1. The van der Waals surface area contributed by atoms with Gasteiger partial charge in [-0.15, -0.1) is 6.58 Å². The molecule has 6 nitrogen and oxygen atoms in total. The first kappa shape index (κ1) is 16.5. The Labute approximate surface area is 135 Å². The Bertz CT molecular complexity index is 673. The molecule has 0 spiro atoms. The fourth-order valence-electron chi connectivity index (χ4n) is 1.97. The Morgan fingerprint density at radius 3 is 3.04 bits per heavy atom. The number of carbonyl (C=O) groups excluding carboxylic acids is 1. The second-order valence-corrected chi connectivity index (χ2v) is 4.79. The molecule has 6 heteroatoms. The molecule has 0 unspecified atom stereocenters. The second-order valence-electron chi connectivity index (χ2n) is 4.79. The van der Waals surface area contributed by atoms with Crippen LogP contribution in [0.4, 0.5) is 5.95 Å². The van der Waals surface area contributed by atoms with E-state index in [1.807, 2.05) is 24.3 Å². The number of nitrogens with one attached hydrogen (secondary N) is 2. The molecule has 0 aliphatic rings. The van der Waals surface area contributed by atoms with Gasteiger partial charge >= 0.3 is 0 Å². The van der Waals surface area contributed by atoms with Crippen molar-refractivity contribution in [2.45, 2.75) is 6.42 Å². The molecule has 2 rings (SSSR count). The highest BCUT2D eigenvalue weighted by Gasteiger charge is 2.08. The Balaban J connectivity index is 1.88. The van der Waals surface area contributed by atoms with Gasteiger partial charge in [-0.2, -0.15) is 0 Å². The van der Waals surface area contributed by atoms with Crippen molar-refractivity contribution in [1.29, 1.82) is 0 Å². The lowest BCUT2D eigenvalue weighted by atomic mass is 10.1. The maximum atomic E-state index is 12.1. The summed E-state index contributed by atoms with van der Waals surface area (Å²) in [5.41, 5.74) is 1.43. The summed E-state index contributed by atoms with van der Waals surface area (Å²) in [6.07, 6.45) is 3.97. The molecule has 1 amide bonds. The minimum absolute atomic E-state index is 0.225. The molecule has 0 aliphatic heterocycles. The Kier molecular flexibility index (Phi) is 6.11. The molecule has 2 N–H and O–H groups in total. The first-order valence-corrected chi connectivity index (χ1v) is 7.32. The molecular weight excluding hydrogens is 292 g/mol. The van der Waals surface area contributed by atoms with Crippen molar-refractivity contribution in [2.75, 3.05) is 25.5 Å². The number of amides is 1. The molecule has 0 radical (unpaired) electrons. The minimum Gasteiger partial charge on any atom is -0.497 e. The van der Waals surface area contributed by atoms with Crippen molar-refractivity contribution in [3.63, 3.8) is 0 Å². The van der Waals surface area contributed by atoms with Crippen LogP contribution in [0.2, 0.25) is 0 Å². The predicted octanol–water partition coefficient (Wildman–Crippen LogP) is 2.06.